The molecule has 1 atom stereocenters. The van der Waals surface area contributed by atoms with E-state index in [-0.39, 0.29) is 12.0 Å². The Morgan fingerprint density at radius 3 is 2.76 bits per heavy atom. The lowest BCUT2D eigenvalue weighted by Gasteiger charge is -2.42. The molecule has 116 valence electrons. The van der Waals surface area contributed by atoms with Crippen molar-refractivity contribution in [3.63, 3.8) is 0 Å². The van der Waals surface area contributed by atoms with Gasteiger partial charge in [0.05, 0.1) is 38.4 Å². The zero-order valence-electron chi connectivity index (χ0n) is 12.5. The van der Waals surface area contributed by atoms with E-state index < -0.39 is 0 Å². The first-order chi connectivity index (χ1) is 10.3. The highest BCUT2D eigenvalue weighted by atomic mass is 16.5. The van der Waals surface area contributed by atoms with Crippen LogP contribution < -0.4 is 0 Å². The monoisotopic (exact) mass is 291 g/mol. The van der Waals surface area contributed by atoms with Crippen LogP contribution in [0.5, 0.6) is 0 Å². The zero-order valence-corrected chi connectivity index (χ0v) is 12.5. The lowest BCUT2D eigenvalue weighted by Crippen LogP contribution is -2.52. The number of nitrogens with zero attached hydrogens (tertiary/aromatic N) is 1. The predicted octanol–water partition coefficient (Wildman–Crippen LogP) is 1.53. The SMILES string of the molecule is OCC1(CN2CCC(COCc3ccccc3)C2)COC1. The Bertz CT molecular complexity index is 427. The van der Waals surface area contributed by atoms with E-state index in [2.05, 4.69) is 17.0 Å². The van der Waals surface area contributed by atoms with Crippen LogP contribution in [0.2, 0.25) is 0 Å². The zero-order chi connectivity index (χ0) is 14.5. The predicted molar refractivity (Wildman–Crippen MR) is 81.0 cm³/mol. The Morgan fingerprint density at radius 1 is 1.29 bits per heavy atom. The minimum absolute atomic E-state index is 0.000213. The minimum atomic E-state index is -0.000213. The molecule has 0 aliphatic carbocycles. The van der Waals surface area contributed by atoms with Gasteiger partial charge in [-0.2, -0.15) is 0 Å². The van der Waals surface area contributed by atoms with Gasteiger partial charge >= 0.3 is 0 Å². The van der Waals surface area contributed by atoms with Gasteiger partial charge < -0.3 is 19.5 Å². The molecular weight excluding hydrogens is 266 g/mol. The van der Waals surface area contributed by atoms with Crippen LogP contribution in [-0.2, 0) is 16.1 Å². The van der Waals surface area contributed by atoms with Gasteiger partial charge in [0.25, 0.3) is 0 Å². The summed E-state index contributed by atoms with van der Waals surface area (Å²) in [5.41, 5.74) is 1.23. The fourth-order valence-corrected chi connectivity index (χ4v) is 3.21. The first-order valence-electron chi connectivity index (χ1n) is 7.82. The molecule has 2 heterocycles. The molecule has 0 spiro atoms. The number of likely N-dealkylation sites (tertiary alicyclic amines) is 1. The van der Waals surface area contributed by atoms with E-state index in [1.807, 2.05) is 18.2 Å². The summed E-state index contributed by atoms with van der Waals surface area (Å²) in [6, 6.07) is 10.3. The van der Waals surface area contributed by atoms with Crippen LogP contribution in [-0.4, -0.2) is 56.1 Å². The second-order valence-corrected chi connectivity index (χ2v) is 6.54. The summed E-state index contributed by atoms with van der Waals surface area (Å²) >= 11 is 0. The summed E-state index contributed by atoms with van der Waals surface area (Å²) in [5.74, 6) is 0.616. The highest BCUT2D eigenvalue weighted by molar-refractivity contribution is 5.13. The molecule has 4 nitrogen and oxygen atoms in total. The molecule has 1 N–H and O–H groups in total. The van der Waals surface area contributed by atoms with Gasteiger partial charge in [-0.1, -0.05) is 30.3 Å². The highest BCUT2D eigenvalue weighted by Gasteiger charge is 2.40. The summed E-state index contributed by atoms with van der Waals surface area (Å²) in [6.07, 6.45) is 1.19. The smallest absolute Gasteiger partial charge is 0.0717 e. The molecule has 1 aromatic carbocycles. The molecule has 2 fully saturated rings. The molecule has 2 saturated heterocycles. The van der Waals surface area contributed by atoms with E-state index in [1.54, 1.807) is 0 Å². The van der Waals surface area contributed by atoms with E-state index in [0.717, 1.165) is 26.2 Å². The van der Waals surface area contributed by atoms with Gasteiger partial charge in [-0.25, -0.2) is 0 Å². The molecular formula is C17H25NO3. The van der Waals surface area contributed by atoms with Gasteiger partial charge in [0.15, 0.2) is 0 Å². The van der Waals surface area contributed by atoms with Crippen molar-refractivity contribution in [1.29, 1.82) is 0 Å². The van der Waals surface area contributed by atoms with E-state index in [1.165, 1.54) is 12.0 Å². The fourth-order valence-electron chi connectivity index (χ4n) is 3.21. The summed E-state index contributed by atoms with van der Waals surface area (Å²) in [4.78, 5) is 2.45. The van der Waals surface area contributed by atoms with Crippen molar-refractivity contribution < 1.29 is 14.6 Å². The van der Waals surface area contributed by atoms with Crippen molar-refractivity contribution in [3.8, 4) is 0 Å². The molecule has 0 bridgehead atoms. The number of hydrogen-bond acceptors (Lipinski definition) is 4. The molecule has 0 radical (unpaired) electrons. The molecule has 1 unspecified atom stereocenters. The lowest BCUT2D eigenvalue weighted by molar-refractivity contribution is -0.146. The average molecular weight is 291 g/mol. The molecule has 0 aromatic heterocycles. The van der Waals surface area contributed by atoms with E-state index >= 15 is 0 Å². The summed E-state index contributed by atoms with van der Waals surface area (Å²) in [5, 5.41) is 9.50. The van der Waals surface area contributed by atoms with Crippen molar-refractivity contribution in [3.05, 3.63) is 35.9 Å². The molecule has 0 amide bonds. The normalized spacial score (nSPS) is 24.9. The van der Waals surface area contributed by atoms with Crippen molar-refractivity contribution in [2.75, 3.05) is 46.1 Å². The number of aliphatic hydroxyl groups is 1. The van der Waals surface area contributed by atoms with Crippen molar-refractivity contribution >= 4 is 0 Å². The second-order valence-electron chi connectivity index (χ2n) is 6.54. The second kappa shape index (κ2) is 6.88. The number of rotatable bonds is 7. The van der Waals surface area contributed by atoms with Gasteiger partial charge in [0.2, 0.25) is 0 Å². The van der Waals surface area contributed by atoms with Crippen molar-refractivity contribution in [2.24, 2.45) is 11.3 Å². The average Bonchev–Trinajstić information content (AvgIpc) is 2.92. The Hall–Kier alpha value is -0.940. The quantitative estimate of drug-likeness (QED) is 0.827. The topological polar surface area (TPSA) is 41.9 Å². The van der Waals surface area contributed by atoms with Crippen LogP contribution in [0, 0.1) is 11.3 Å². The molecule has 0 saturated carbocycles. The Labute approximate surface area is 126 Å². The largest absolute Gasteiger partial charge is 0.396 e. The maximum Gasteiger partial charge on any atom is 0.0717 e. The first-order valence-corrected chi connectivity index (χ1v) is 7.82. The number of aliphatic hydroxyl groups excluding tert-OH is 1. The molecule has 2 aliphatic heterocycles. The van der Waals surface area contributed by atoms with Crippen LogP contribution >= 0.6 is 0 Å². The summed E-state index contributed by atoms with van der Waals surface area (Å²) < 4.78 is 11.1. The summed E-state index contributed by atoms with van der Waals surface area (Å²) in [6.45, 7) is 6.32. The molecule has 4 heteroatoms. The molecule has 2 aliphatic rings. The Kier molecular flexibility index (Phi) is 4.91. The van der Waals surface area contributed by atoms with Gasteiger partial charge in [0.1, 0.15) is 0 Å². The molecule has 21 heavy (non-hydrogen) atoms. The minimum Gasteiger partial charge on any atom is -0.396 e. The standard InChI is InChI=1S/C17H25NO3/c19-12-17(13-21-14-17)11-18-7-6-16(8-18)10-20-9-15-4-2-1-3-5-15/h1-5,16,19H,6-14H2. The van der Waals surface area contributed by atoms with Gasteiger partial charge in [-0.05, 0) is 24.4 Å². The number of hydrogen-bond donors (Lipinski definition) is 1. The van der Waals surface area contributed by atoms with Gasteiger partial charge in [0, 0.05) is 13.1 Å². The third kappa shape index (κ3) is 3.83. The van der Waals surface area contributed by atoms with Crippen LogP contribution in [0.15, 0.2) is 30.3 Å². The Balaban J connectivity index is 1.37. The maximum absolute atomic E-state index is 9.50. The molecule has 3 rings (SSSR count). The lowest BCUT2D eigenvalue weighted by atomic mass is 9.86. The maximum atomic E-state index is 9.50. The van der Waals surface area contributed by atoms with Crippen LogP contribution in [0.25, 0.3) is 0 Å². The van der Waals surface area contributed by atoms with Gasteiger partial charge in [-0.15, -0.1) is 0 Å². The van der Waals surface area contributed by atoms with E-state index in [9.17, 15) is 5.11 Å². The number of ether oxygens (including phenoxy) is 2. The highest BCUT2D eigenvalue weighted by Crippen LogP contribution is 2.30. The van der Waals surface area contributed by atoms with Gasteiger partial charge in [-0.3, -0.25) is 0 Å². The fraction of sp³-hybridized carbons (Fsp3) is 0.647. The third-order valence-electron chi connectivity index (χ3n) is 4.55. The molecule has 1 aromatic rings. The van der Waals surface area contributed by atoms with Crippen LogP contribution in [0.1, 0.15) is 12.0 Å². The van der Waals surface area contributed by atoms with Crippen molar-refractivity contribution in [2.45, 2.75) is 13.0 Å². The van der Waals surface area contributed by atoms with E-state index in [4.69, 9.17) is 9.47 Å². The van der Waals surface area contributed by atoms with Crippen LogP contribution in [0.3, 0.4) is 0 Å². The van der Waals surface area contributed by atoms with Crippen LogP contribution in [0.4, 0.5) is 0 Å². The Morgan fingerprint density at radius 2 is 2.10 bits per heavy atom. The summed E-state index contributed by atoms with van der Waals surface area (Å²) in [7, 11) is 0. The third-order valence-corrected chi connectivity index (χ3v) is 4.55. The van der Waals surface area contributed by atoms with Crippen molar-refractivity contribution in [1.82, 2.24) is 4.90 Å². The van der Waals surface area contributed by atoms with E-state index in [0.29, 0.717) is 25.7 Å². The number of benzene rings is 1. The first kappa shape index (κ1) is 15.0.